The third-order valence-corrected chi connectivity index (χ3v) is 4.52. The molecule has 4 heteroatoms. The summed E-state index contributed by atoms with van der Waals surface area (Å²) in [6.07, 6.45) is 0.714. The summed E-state index contributed by atoms with van der Waals surface area (Å²) < 4.78 is 14.7. The van der Waals surface area contributed by atoms with Crippen LogP contribution in [0.2, 0.25) is 5.02 Å². The molecule has 0 fully saturated rings. The summed E-state index contributed by atoms with van der Waals surface area (Å²) in [6, 6.07) is 11.2. The van der Waals surface area contributed by atoms with Crippen molar-refractivity contribution < 1.29 is 4.39 Å². The molecule has 20 heavy (non-hydrogen) atoms. The standard InChI is InChI=1S/C16H16BrClFN/c1-10-3-5-11(6-4-10)7-16(20-2)12-8-14(18)13(17)9-15(12)19/h3-6,8-9,16,20H,7H2,1-2H3. The molecule has 1 unspecified atom stereocenters. The van der Waals surface area contributed by atoms with Crippen molar-refractivity contribution in [3.05, 3.63) is 68.4 Å². The molecule has 0 bridgehead atoms. The molecule has 1 atom stereocenters. The van der Waals surface area contributed by atoms with Crippen molar-refractivity contribution in [2.24, 2.45) is 0 Å². The van der Waals surface area contributed by atoms with Gasteiger partial charge in [0.25, 0.3) is 0 Å². The molecule has 2 aromatic carbocycles. The first-order chi connectivity index (χ1) is 9.51. The van der Waals surface area contributed by atoms with Crippen LogP contribution >= 0.6 is 27.5 Å². The number of likely N-dealkylation sites (N-methyl/N-ethyl adjacent to an activating group) is 1. The van der Waals surface area contributed by atoms with E-state index in [1.54, 1.807) is 6.07 Å². The Morgan fingerprint density at radius 1 is 1.25 bits per heavy atom. The molecule has 0 aliphatic carbocycles. The molecule has 0 radical (unpaired) electrons. The second-order valence-corrected chi connectivity index (χ2v) is 6.08. The monoisotopic (exact) mass is 355 g/mol. The summed E-state index contributed by atoms with van der Waals surface area (Å²) in [5, 5.41) is 3.67. The first-order valence-electron chi connectivity index (χ1n) is 6.38. The largest absolute Gasteiger partial charge is 0.313 e. The Kier molecular flexibility index (Phi) is 5.19. The normalized spacial score (nSPS) is 12.4. The number of rotatable bonds is 4. The minimum atomic E-state index is -0.257. The van der Waals surface area contributed by atoms with E-state index in [-0.39, 0.29) is 11.9 Å². The van der Waals surface area contributed by atoms with Gasteiger partial charge in [0.1, 0.15) is 5.82 Å². The first kappa shape index (κ1) is 15.5. The van der Waals surface area contributed by atoms with Crippen molar-refractivity contribution in [1.29, 1.82) is 0 Å². The summed E-state index contributed by atoms with van der Waals surface area (Å²) in [7, 11) is 1.83. The molecule has 2 aromatic rings. The first-order valence-corrected chi connectivity index (χ1v) is 7.55. The summed E-state index contributed by atoms with van der Waals surface area (Å²) in [5.41, 5.74) is 2.96. The molecule has 0 aliphatic rings. The van der Waals surface area contributed by atoms with Crippen LogP contribution in [0.4, 0.5) is 4.39 Å². The van der Waals surface area contributed by atoms with Gasteiger partial charge in [0.05, 0.1) is 5.02 Å². The maximum absolute atomic E-state index is 14.1. The van der Waals surface area contributed by atoms with Crippen molar-refractivity contribution in [1.82, 2.24) is 5.32 Å². The fourth-order valence-corrected chi connectivity index (χ4v) is 2.62. The molecule has 0 saturated carbocycles. The summed E-state index contributed by atoms with van der Waals surface area (Å²) in [5.74, 6) is -0.257. The molecule has 0 saturated heterocycles. The van der Waals surface area contributed by atoms with Gasteiger partial charge in [0.15, 0.2) is 0 Å². The van der Waals surface area contributed by atoms with E-state index in [2.05, 4.69) is 45.5 Å². The molecule has 1 N–H and O–H groups in total. The number of halogens is 3. The topological polar surface area (TPSA) is 12.0 Å². The SMILES string of the molecule is CNC(Cc1ccc(C)cc1)c1cc(Cl)c(Br)cc1F. The molecular formula is C16H16BrClFN. The van der Waals surface area contributed by atoms with E-state index in [1.165, 1.54) is 11.6 Å². The Bertz CT molecular complexity index is 598. The van der Waals surface area contributed by atoms with Crippen molar-refractivity contribution in [3.63, 3.8) is 0 Å². The number of hydrogen-bond donors (Lipinski definition) is 1. The van der Waals surface area contributed by atoms with Gasteiger partial charge in [-0.05, 0) is 54.0 Å². The predicted molar refractivity (Wildman–Crippen MR) is 85.8 cm³/mol. The van der Waals surface area contributed by atoms with Crippen molar-refractivity contribution in [2.75, 3.05) is 7.05 Å². The lowest BCUT2D eigenvalue weighted by Crippen LogP contribution is -2.20. The summed E-state index contributed by atoms with van der Waals surface area (Å²) >= 11 is 9.30. The Hall–Kier alpha value is -0.900. The third kappa shape index (κ3) is 3.60. The van der Waals surface area contributed by atoms with E-state index >= 15 is 0 Å². The smallest absolute Gasteiger partial charge is 0.129 e. The van der Waals surface area contributed by atoms with Crippen molar-refractivity contribution in [3.8, 4) is 0 Å². The van der Waals surface area contributed by atoms with Gasteiger partial charge < -0.3 is 5.32 Å². The van der Waals surface area contributed by atoms with E-state index < -0.39 is 0 Å². The van der Waals surface area contributed by atoms with Crippen LogP contribution in [-0.4, -0.2) is 7.05 Å². The van der Waals surface area contributed by atoms with E-state index in [1.807, 2.05) is 14.0 Å². The van der Waals surface area contributed by atoms with Crippen LogP contribution in [0.15, 0.2) is 40.9 Å². The quantitative estimate of drug-likeness (QED) is 0.756. The maximum atomic E-state index is 14.1. The average Bonchev–Trinajstić information content (AvgIpc) is 2.43. The molecule has 106 valence electrons. The Labute approximate surface area is 132 Å². The van der Waals surface area contributed by atoms with Gasteiger partial charge in [-0.15, -0.1) is 0 Å². The Balaban J connectivity index is 2.28. The molecule has 1 nitrogen and oxygen atoms in total. The number of benzene rings is 2. The fraction of sp³-hybridized carbons (Fsp3) is 0.250. The molecule has 2 rings (SSSR count). The second kappa shape index (κ2) is 6.70. The highest BCUT2D eigenvalue weighted by Crippen LogP contribution is 2.30. The predicted octanol–water partition coefficient (Wildman–Crippen LogP) is 5.05. The van der Waals surface area contributed by atoms with E-state index in [9.17, 15) is 4.39 Å². The van der Waals surface area contributed by atoms with Crippen molar-refractivity contribution >= 4 is 27.5 Å². The highest BCUT2D eigenvalue weighted by atomic mass is 79.9. The number of nitrogens with one attached hydrogen (secondary N) is 1. The summed E-state index contributed by atoms with van der Waals surface area (Å²) in [4.78, 5) is 0. The van der Waals surface area contributed by atoms with Crippen LogP contribution in [-0.2, 0) is 6.42 Å². The van der Waals surface area contributed by atoms with Gasteiger partial charge in [0.2, 0.25) is 0 Å². The zero-order valence-electron chi connectivity index (χ0n) is 11.4. The fourth-order valence-electron chi connectivity index (χ4n) is 2.13. The van der Waals surface area contributed by atoms with E-state index in [0.717, 1.165) is 5.56 Å². The van der Waals surface area contributed by atoms with Crippen LogP contribution in [0.3, 0.4) is 0 Å². The molecule has 0 heterocycles. The lowest BCUT2D eigenvalue weighted by molar-refractivity contribution is 0.533. The van der Waals surface area contributed by atoms with Crippen LogP contribution in [0.1, 0.15) is 22.7 Å². The molecule has 0 aromatic heterocycles. The summed E-state index contributed by atoms with van der Waals surface area (Å²) in [6.45, 7) is 2.05. The minimum Gasteiger partial charge on any atom is -0.313 e. The molecular weight excluding hydrogens is 341 g/mol. The lowest BCUT2D eigenvalue weighted by atomic mass is 9.98. The highest BCUT2D eigenvalue weighted by Gasteiger charge is 2.16. The van der Waals surface area contributed by atoms with Gasteiger partial charge in [-0.3, -0.25) is 0 Å². The second-order valence-electron chi connectivity index (χ2n) is 4.82. The van der Waals surface area contributed by atoms with E-state index in [0.29, 0.717) is 21.5 Å². The zero-order chi connectivity index (χ0) is 14.7. The Morgan fingerprint density at radius 2 is 1.90 bits per heavy atom. The van der Waals surface area contributed by atoms with Gasteiger partial charge in [0, 0.05) is 16.1 Å². The maximum Gasteiger partial charge on any atom is 0.129 e. The number of aryl methyl sites for hydroxylation is 1. The molecule has 0 spiro atoms. The van der Waals surface area contributed by atoms with Gasteiger partial charge >= 0.3 is 0 Å². The van der Waals surface area contributed by atoms with Crippen LogP contribution in [0.25, 0.3) is 0 Å². The van der Waals surface area contributed by atoms with Gasteiger partial charge in [-0.1, -0.05) is 41.4 Å². The highest BCUT2D eigenvalue weighted by molar-refractivity contribution is 9.10. The van der Waals surface area contributed by atoms with Gasteiger partial charge in [-0.2, -0.15) is 0 Å². The zero-order valence-corrected chi connectivity index (χ0v) is 13.7. The lowest BCUT2D eigenvalue weighted by Gasteiger charge is -2.18. The van der Waals surface area contributed by atoms with E-state index in [4.69, 9.17) is 11.6 Å². The molecule has 0 aliphatic heterocycles. The van der Waals surface area contributed by atoms with Crippen LogP contribution < -0.4 is 5.32 Å². The minimum absolute atomic E-state index is 0.108. The third-order valence-electron chi connectivity index (χ3n) is 3.32. The van der Waals surface area contributed by atoms with Crippen molar-refractivity contribution in [2.45, 2.75) is 19.4 Å². The van der Waals surface area contributed by atoms with Gasteiger partial charge in [-0.25, -0.2) is 4.39 Å². The Morgan fingerprint density at radius 3 is 2.50 bits per heavy atom. The molecule has 0 amide bonds. The average molecular weight is 357 g/mol. The number of hydrogen-bond acceptors (Lipinski definition) is 1. The van der Waals surface area contributed by atoms with Crippen LogP contribution in [0, 0.1) is 12.7 Å². The van der Waals surface area contributed by atoms with Crippen LogP contribution in [0.5, 0.6) is 0 Å².